The smallest absolute Gasteiger partial charge is 0.368 e. The number of ether oxygens (including phenoxy) is 3. The van der Waals surface area contributed by atoms with E-state index in [-0.39, 0.29) is 12.1 Å². The molecule has 2 rings (SSSR count). The molecule has 5 nitrogen and oxygen atoms in total. The van der Waals surface area contributed by atoms with Crippen molar-refractivity contribution in [3.8, 4) is 6.57 Å². The van der Waals surface area contributed by atoms with Crippen LogP contribution in [0.1, 0.15) is 19.8 Å². The Kier molecular flexibility index (Phi) is 2.63. The molecule has 82 valence electrons. The highest BCUT2D eigenvalue weighted by atomic mass is 16.7. The van der Waals surface area contributed by atoms with Gasteiger partial charge in [-0.25, -0.2) is 0 Å². The number of nitrogens with zero attached hydrogens (tertiary/aromatic N) is 1. The molecule has 0 radical (unpaired) electrons. The quantitative estimate of drug-likeness (QED) is 0.603. The van der Waals surface area contributed by atoms with Gasteiger partial charge in [-0.3, -0.25) is 4.79 Å². The van der Waals surface area contributed by atoms with E-state index >= 15 is 0 Å². The highest BCUT2D eigenvalue weighted by molar-refractivity contribution is 5.66. The Morgan fingerprint density at radius 1 is 1.53 bits per heavy atom. The van der Waals surface area contributed by atoms with Crippen molar-refractivity contribution in [1.29, 1.82) is 0 Å². The molecule has 0 aliphatic carbocycles. The summed E-state index contributed by atoms with van der Waals surface area (Å²) < 4.78 is 16.0. The summed E-state index contributed by atoms with van der Waals surface area (Å²) in [5.74, 6) is -0.324. The van der Waals surface area contributed by atoms with Crippen LogP contribution in [0.15, 0.2) is 0 Å². The Hall–Kier alpha value is -1.12. The molecule has 3 atom stereocenters. The predicted octanol–water partition coefficient (Wildman–Crippen LogP) is 0.786. The molecule has 15 heavy (non-hydrogen) atoms. The highest BCUT2D eigenvalue weighted by Crippen LogP contribution is 2.40. The van der Waals surface area contributed by atoms with Crippen molar-refractivity contribution in [1.82, 2.24) is 0 Å². The first kappa shape index (κ1) is 10.4. The number of hydrogen-bond acceptors (Lipinski definition) is 4. The number of hydrogen-bond donors (Lipinski definition) is 0. The second kappa shape index (κ2) is 3.80. The van der Waals surface area contributed by atoms with Crippen LogP contribution in [0.2, 0.25) is 0 Å². The van der Waals surface area contributed by atoms with Gasteiger partial charge in [0.2, 0.25) is 6.29 Å². The average molecular weight is 212 g/mol. The molecule has 2 heterocycles. The fourth-order valence-corrected chi connectivity index (χ4v) is 2.20. The van der Waals surface area contributed by atoms with Crippen LogP contribution in [0.25, 0.3) is 4.85 Å². The Morgan fingerprint density at radius 3 is 2.93 bits per heavy atom. The first-order valence-electron chi connectivity index (χ1n) is 5.01. The number of carbonyl (C=O) groups is 1. The van der Waals surface area contributed by atoms with E-state index in [0.29, 0.717) is 26.1 Å². The zero-order chi connectivity index (χ0) is 10.9. The zero-order valence-corrected chi connectivity index (χ0v) is 8.64. The number of carbonyl (C=O) groups excluding carboxylic acids is 1. The van der Waals surface area contributed by atoms with Gasteiger partial charge < -0.3 is 14.2 Å². The van der Waals surface area contributed by atoms with E-state index in [1.165, 1.54) is 6.92 Å². The first-order valence-corrected chi connectivity index (χ1v) is 5.01. The van der Waals surface area contributed by atoms with Gasteiger partial charge in [-0.2, -0.15) is 0 Å². The van der Waals surface area contributed by atoms with Crippen LogP contribution < -0.4 is 0 Å². The minimum absolute atomic E-state index is 0.324. The fraction of sp³-hybridized carbons (Fsp3) is 0.800. The molecule has 0 aromatic rings. The monoisotopic (exact) mass is 212 g/mol. The Morgan fingerprint density at radius 2 is 2.27 bits per heavy atom. The van der Waals surface area contributed by atoms with Crippen molar-refractivity contribution in [3.63, 3.8) is 0 Å². The maximum atomic E-state index is 11.0. The van der Waals surface area contributed by atoms with Crippen molar-refractivity contribution in [2.75, 3.05) is 13.2 Å². The van der Waals surface area contributed by atoms with Gasteiger partial charge >= 0.3 is 11.5 Å². The molecule has 0 saturated carbocycles. The van der Waals surface area contributed by atoms with E-state index in [4.69, 9.17) is 20.8 Å². The van der Waals surface area contributed by atoms with Gasteiger partial charge in [-0.1, -0.05) is 4.85 Å². The third kappa shape index (κ3) is 1.60. The van der Waals surface area contributed by atoms with Crippen molar-refractivity contribution in [2.45, 2.75) is 37.7 Å². The lowest BCUT2D eigenvalue weighted by Crippen LogP contribution is -2.53. The predicted molar refractivity (Wildman–Crippen MR) is 51.5 cm³/mol. The van der Waals surface area contributed by atoms with Crippen LogP contribution in [0.3, 0.4) is 0 Å². The molecule has 3 unspecified atom stereocenters. The van der Waals surface area contributed by atoms with Gasteiger partial charge in [0.25, 0.3) is 6.57 Å². The maximum Gasteiger partial charge on any atom is 0.368 e. The van der Waals surface area contributed by atoms with E-state index in [1.807, 2.05) is 0 Å². The third-order valence-electron chi connectivity index (χ3n) is 2.94. The third-order valence-corrected chi connectivity index (χ3v) is 2.94. The lowest BCUT2D eigenvalue weighted by Gasteiger charge is -2.31. The highest BCUT2D eigenvalue weighted by Gasteiger charge is 2.64. The summed E-state index contributed by atoms with van der Waals surface area (Å²) in [5.41, 5.74) is -0.704. The molecular formula is C10H14NO4+. The molecule has 2 fully saturated rings. The van der Waals surface area contributed by atoms with E-state index in [2.05, 4.69) is 4.85 Å². The van der Waals surface area contributed by atoms with E-state index in [0.717, 1.165) is 0 Å². The fourth-order valence-electron chi connectivity index (χ4n) is 2.20. The molecule has 0 amide bonds. The second-order valence-corrected chi connectivity index (χ2v) is 3.83. The van der Waals surface area contributed by atoms with Crippen LogP contribution >= 0.6 is 0 Å². The molecule has 5 heteroatoms. The van der Waals surface area contributed by atoms with Crippen molar-refractivity contribution in [3.05, 3.63) is 4.85 Å². The molecular weight excluding hydrogens is 198 g/mol. The van der Waals surface area contributed by atoms with Gasteiger partial charge in [0.15, 0.2) is 6.10 Å². The minimum atomic E-state index is -0.704. The Bertz CT molecular complexity index is 311. The molecule has 0 aromatic carbocycles. The summed E-state index contributed by atoms with van der Waals surface area (Å²) in [6.45, 7) is 7.83. The van der Waals surface area contributed by atoms with Crippen LogP contribution in [0.5, 0.6) is 0 Å². The van der Waals surface area contributed by atoms with Gasteiger partial charge in [-0.15, -0.1) is 0 Å². The van der Waals surface area contributed by atoms with Crippen molar-refractivity contribution >= 4 is 5.97 Å². The van der Waals surface area contributed by atoms with E-state index < -0.39 is 11.8 Å². The molecule has 0 aromatic heterocycles. The van der Waals surface area contributed by atoms with Gasteiger partial charge in [-0.05, 0) is 0 Å². The number of esters is 1. The van der Waals surface area contributed by atoms with Gasteiger partial charge in [0.05, 0.1) is 19.6 Å². The SMILES string of the molecule is C#[N+]C12CCOC1OCCC2OC(C)=O. The van der Waals surface area contributed by atoms with Crippen LogP contribution in [0, 0.1) is 6.57 Å². The molecule has 2 aliphatic rings. The molecule has 0 bridgehead atoms. The standard InChI is InChI=1S/C10H14NO4/c1-7(12)15-8-3-5-13-9-10(8,11-2)4-6-14-9/h2,8-9H,3-6H2,1H3/q+1. The largest absolute Gasteiger partial charge is 0.453 e. The summed E-state index contributed by atoms with van der Waals surface area (Å²) in [5, 5.41) is 0. The maximum absolute atomic E-state index is 11.0. The number of rotatable bonds is 1. The molecule has 2 aliphatic heterocycles. The molecule has 2 saturated heterocycles. The van der Waals surface area contributed by atoms with Crippen LogP contribution in [-0.4, -0.2) is 37.1 Å². The molecule has 0 spiro atoms. The van der Waals surface area contributed by atoms with Crippen LogP contribution in [0.4, 0.5) is 0 Å². The lowest BCUT2D eigenvalue weighted by molar-refractivity contribution is -0.193. The summed E-state index contributed by atoms with van der Waals surface area (Å²) >= 11 is 0. The van der Waals surface area contributed by atoms with Crippen LogP contribution in [-0.2, 0) is 19.0 Å². The summed E-state index contributed by atoms with van der Waals surface area (Å²) in [7, 11) is 0. The lowest BCUT2D eigenvalue weighted by atomic mass is 9.87. The topological polar surface area (TPSA) is 49.1 Å². The Balaban J connectivity index is 2.21. The van der Waals surface area contributed by atoms with Crippen molar-refractivity contribution < 1.29 is 19.0 Å². The second-order valence-electron chi connectivity index (χ2n) is 3.83. The normalized spacial score (nSPS) is 39.2. The van der Waals surface area contributed by atoms with Gasteiger partial charge in [0, 0.05) is 13.3 Å². The summed E-state index contributed by atoms with van der Waals surface area (Å²) in [6, 6.07) is 0. The van der Waals surface area contributed by atoms with E-state index in [1.54, 1.807) is 0 Å². The van der Waals surface area contributed by atoms with E-state index in [9.17, 15) is 4.79 Å². The summed E-state index contributed by atoms with van der Waals surface area (Å²) in [6.07, 6.45) is 0.438. The minimum Gasteiger partial charge on any atom is -0.453 e. The van der Waals surface area contributed by atoms with Crippen molar-refractivity contribution in [2.24, 2.45) is 0 Å². The average Bonchev–Trinajstić information content (AvgIpc) is 2.62. The molecule has 0 N–H and O–H groups in total. The summed E-state index contributed by atoms with van der Waals surface area (Å²) in [4.78, 5) is 14.8. The number of fused-ring (bicyclic) bond motifs is 1. The zero-order valence-electron chi connectivity index (χ0n) is 8.64. The first-order chi connectivity index (χ1) is 7.19. The Labute approximate surface area is 88.1 Å². The van der Waals surface area contributed by atoms with Gasteiger partial charge in [0.1, 0.15) is 0 Å².